The van der Waals surface area contributed by atoms with E-state index in [0.29, 0.717) is 48.3 Å². The summed E-state index contributed by atoms with van der Waals surface area (Å²) in [7, 11) is 0. The van der Waals surface area contributed by atoms with Crippen molar-refractivity contribution >= 4 is 45.9 Å². The predicted molar refractivity (Wildman–Crippen MR) is 152 cm³/mol. The lowest BCUT2D eigenvalue weighted by atomic mass is 9.97. The zero-order valence-corrected chi connectivity index (χ0v) is 23.0. The minimum atomic E-state index is -4.58. The van der Waals surface area contributed by atoms with Crippen LogP contribution < -0.4 is 15.5 Å². The summed E-state index contributed by atoms with van der Waals surface area (Å²) in [6.07, 6.45) is 0.297. The van der Waals surface area contributed by atoms with Gasteiger partial charge in [0.15, 0.2) is 5.76 Å². The molecule has 2 aliphatic rings. The Bertz CT molecular complexity index is 1650. The number of thioether (sulfide) groups is 1. The predicted octanol–water partition coefficient (Wildman–Crippen LogP) is 5.63. The van der Waals surface area contributed by atoms with E-state index in [2.05, 4.69) is 30.5 Å². The topological polar surface area (TPSA) is 113 Å². The Morgan fingerprint density at radius 1 is 1.10 bits per heavy atom. The summed E-state index contributed by atoms with van der Waals surface area (Å²) in [6, 6.07) is 13.3. The number of nitrogens with one attached hydrogen (secondary N) is 2. The van der Waals surface area contributed by atoms with Gasteiger partial charge >= 0.3 is 6.18 Å². The van der Waals surface area contributed by atoms with Crippen LogP contribution in [0.1, 0.15) is 29.8 Å². The second kappa shape index (κ2) is 11.6. The lowest BCUT2D eigenvalue weighted by Crippen LogP contribution is -2.38. The molecule has 9 nitrogen and oxygen atoms in total. The van der Waals surface area contributed by atoms with Crippen LogP contribution in [0.2, 0.25) is 0 Å². The van der Waals surface area contributed by atoms with Crippen LogP contribution in [0, 0.1) is 5.92 Å². The third-order valence-electron chi connectivity index (χ3n) is 7.10. The van der Waals surface area contributed by atoms with Crippen LogP contribution in [0.5, 0.6) is 0 Å². The van der Waals surface area contributed by atoms with Crippen molar-refractivity contribution in [1.29, 1.82) is 0 Å². The number of aromatic nitrogens is 3. The highest BCUT2D eigenvalue weighted by molar-refractivity contribution is 8.18. The van der Waals surface area contributed by atoms with E-state index in [0.717, 1.165) is 36.1 Å². The van der Waals surface area contributed by atoms with Gasteiger partial charge in [-0.25, -0.2) is 15.0 Å². The number of benzene rings is 1. The highest BCUT2D eigenvalue weighted by Crippen LogP contribution is 2.33. The van der Waals surface area contributed by atoms with Crippen LogP contribution in [0.3, 0.4) is 0 Å². The fourth-order valence-corrected chi connectivity index (χ4v) is 5.64. The Kier molecular flexibility index (Phi) is 7.69. The summed E-state index contributed by atoms with van der Waals surface area (Å²) in [5, 5.41) is 5.92. The number of rotatable bonds is 7. The molecule has 0 bridgehead atoms. The lowest BCUT2D eigenvalue weighted by molar-refractivity contribution is -0.141. The van der Waals surface area contributed by atoms with Crippen molar-refractivity contribution in [3.8, 4) is 11.5 Å². The number of amides is 2. The molecule has 0 unspecified atom stereocenters. The fraction of sp³-hybridized carbons (Fsp3) is 0.276. The molecule has 2 aliphatic heterocycles. The number of carbonyl (C=O) groups is 2. The number of imide groups is 1. The van der Waals surface area contributed by atoms with E-state index < -0.39 is 23.0 Å². The first kappa shape index (κ1) is 27.9. The Labute approximate surface area is 242 Å². The van der Waals surface area contributed by atoms with E-state index in [1.165, 1.54) is 0 Å². The number of nitrogens with zero attached hydrogens (tertiary/aromatic N) is 4. The summed E-state index contributed by atoms with van der Waals surface area (Å²) in [5.41, 5.74) is 0.780. The molecule has 5 heterocycles. The number of para-hydroxylation sites is 1. The van der Waals surface area contributed by atoms with Gasteiger partial charge in [0.1, 0.15) is 17.0 Å². The molecule has 2 fully saturated rings. The maximum atomic E-state index is 13.7. The van der Waals surface area contributed by atoms with Crippen LogP contribution in [-0.2, 0) is 17.5 Å². The Balaban J connectivity index is 1.07. The first-order valence-corrected chi connectivity index (χ1v) is 14.1. The zero-order valence-electron chi connectivity index (χ0n) is 22.1. The second-order valence-electron chi connectivity index (χ2n) is 10.1. The third-order valence-corrected chi connectivity index (χ3v) is 7.91. The van der Waals surface area contributed by atoms with Crippen LogP contribution in [-0.4, -0.2) is 45.7 Å². The molecule has 0 aliphatic carbocycles. The quantitative estimate of drug-likeness (QED) is 0.263. The van der Waals surface area contributed by atoms with Crippen LogP contribution in [0.15, 0.2) is 64.1 Å². The number of fused-ring (bicyclic) bond motifs is 1. The van der Waals surface area contributed by atoms with E-state index in [9.17, 15) is 22.8 Å². The van der Waals surface area contributed by atoms with Crippen molar-refractivity contribution in [2.24, 2.45) is 5.92 Å². The van der Waals surface area contributed by atoms with Gasteiger partial charge in [-0.1, -0.05) is 18.2 Å². The summed E-state index contributed by atoms with van der Waals surface area (Å²) in [6.45, 7) is 2.32. The largest absolute Gasteiger partial charge is 0.454 e. The van der Waals surface area contributed by atoms with Gasteiger partial charge in [-0.2, -0.15) is 13.2 Å². The van der Waals surface area contributed by atoms with Crippen molar-refractivity contribution in [3.05, 3.63) is 76.6 Å². The van der Waals surface area contributed by atoms with E-state index in [1.807, 2.05) is 12.1 Å². The Morgan fingerprint density at radius 3 is 2.64 bits per heavy atom. The molecular weight excluding hydrogens is 569 g/mol. The van der Waals surface area contributed by atoms with Crippen molar-refractivity contribution in [1.82, 2.24) is 25.6 Å². The van der Waals surface area contributed by atoms with Gasteiger partial charge in [0.05, 0.1) is 10.6 Å². The maximum Gasteiger partial charge on any atom is 0.433 e. The summed E-state index contributed by atoms with van der Waals surface area (Å²) >= 11 is 0.835. The van der Waals surface area contributed by atoms with Gasteiger partial charge in [0.25, 0.3) is 11.1 Å². The van der Waals surface area contributed by atoms with Crippen molar-refractivity contribution in [3.63, 3.8) is 0 Å². The number of furan rings is 1. The van der Waals surface area contributed by atoms with Crippen LogP contribution in [0.25, 0.3) is 28.5 Å². The number of pyridine rings is 1. The number of hydrogen-bond acceptors (Lipinski definition) is 9. The van der Waals surface area contributed by atoms with Crippen LogP contribution >= 0.6 is 11.8 Å². The SMILES string of the molecule is O=C1NC(=O)C(=Cc2ccnc(N3CCC(CNCc4cc(-c5cc6ccccc6o5)nc(C(F)(F)F)c4)CC3)n2)S1. The molecular formula is C29H25F3N6O3S. The normalized spacial score (nSPS) is 17.4. The number of alkyl halides is 3. The van der Waals surface area contributed by atoms with Gasteiger partial charge < -0.3 is 14.6 Å². The standard InChI is InChI=1S/C29H25F3N6O3S/c30-29(31,32)25-12-18(11-21(36-25)23-13-19-3-1-2-4-22(19)41-23)16-33-15-17-6-9-38(10-7-17)27-34-8-5-20(35-27)14-24-26(39)37-28(40)42-24/h1-5,8,11-14,17,33H,6-7,9-10,15-16H2,(H,37,39,40). The molecule has 2 saturated heterocycles. The lowest BCUT2D eigenvalue weighted by Gasteiger charge is -2.32. The first-order chi connectivity index (χ1) is 20.2. The van der Waals surface area contributed by atoms with Crippen LogP contribution in [0.4, 0.5) is 23.9 Å². The molecule has 0 spiro atoms. The molecule has 42 heavy (non-hydrogen) atoms. The average Bonchev–Trinajstić information content (AvgIpc) is 3.55. The molecule has 4 aromatic rings. The molecule has 2 N–H and O–H groups in total. The van der Waals surface area contributed by atoms with E-state index in [-0.39, 0.29) is 22.9 Å². The van der Waals surface area contributed by atoms with Crippen molar-refractivity contribution in [2.45, 2.75) is 25.6 Å². The van der Waals surface area contributed by atoms with Gasteiger partial charge in [-0.15, -0.1) is 0 Å². The number of anilines is 1. The van der Waals surface area contributed by atoms with Gasteiger partial charge in [-0.05, 0) is 79.0 Å². The Hall–Kier alpha value is -4.23. The third kappa shape index (κ3) is 6.31. The molecule has 13 heteroatoms. The molecule has 6 rings (SSSR count). The number of halogens is 3. The highest BCUT2D eigenvalue weighted by Gasteiger charge is 2.33. The smallest absolute Gasteiger partial charge is 0.433 e. The fourth-order valence-electron chi connectivity index (χ4n) is 4.98. The number of carbonyl (C=O) groups excluding carboxylic acids is 2. The number of hydrogen-bond donors (Lipinski definition) is 2. The van der Waals surface area contributed by atoms with Gasteiger partial charge in [-0.3, -0.25) is 14.9 Å². The van der Waals surface area contributed by atoms with Crippen molar-refractivity contribution in [2.75, 3.05) is 24.5 Å². The molecule has 0 radical (unpaired) electrons. The molecule has 216 valence electrons. The monoisotopic (exact) mass is 594 g/mol. The number of piperidine rings is 1. The van der Waals surface area contributed by atoms with E-state index >= 15 is 0 Å². The molecule has 1 aromatic carbocycles. The van der Waals surface area contributed by atoms with Crippen molar-refractivity contribution < 1.29 is 27.2 Å². The maximum absolute atomic E-state index is 13.7. The molecule has 0 saturated carbocycles. The van der Waals surface area contributed by atoms with E-state index in [4.69, 9.17) is 4.42 Å². The summed E-state index contributed by atoms with van der Waals surface area (Å²) in [5.74, 6) is 0.720. The van der Waals surface area contributed by atoms with Gasteiger partial charge in [0, 0.05) is 31.2 Å². The van der Waals surface area contributed by atoms with E-state index in [1.54, 1.807) is 42.6 Å². The highest BCUT2D eigenvalue weighted by atomic mass is 32.2. The minimum absolute atomic E-state index is 0.141. The second-order valence-corrected chi connectivity index (χ2v) is 11.1. The minimum Gasteiger partial charge on any atom is -0.454 e. The zero-order chi connectivity index (χ0) is 29.3. The first-order valence-electron chi connectivity index (χ1n) is 13.3. The summed E-state index contributed by atoms with van der Waals surface area (Å²) < 4.78 is 46.7. The summed E-state index contributed by atoms with van der Waals surface area (Å²) in [4.78, 5) is 38.3. The Morgan fingerprint density at radius 2 is 1.90 bits per heavy atom. The molecule has 2 amide bonds. The molecule has 3 aromatic heterocycles. The molecule has 0 atom stereocenters. The van der Waals surface area contributed by atoms with Gasteiger partial charge in [0.2, 0.25) is 5.95 Å². The average molecular weight is 595 g/mol.